The summed E-state index contributed by atoms with van der Waals surface area (Å²) in [5, 5.41) is 18.5. The van der Waals surface area contributed by atoms with E-state index in [-0.39, 0.29) is 24.4 Å². The summed E-state index contributed by atoms with van der Waals surface area (Å²) in [5.74, 6) is -0.971. The number of carbonyl (C=O) groups is 2. The van der Waals surface area contributed by atoms with Gasteiger partial charge in [0.1, 0.15) is 5.69 Å². The van der Waals surface area contributed by atoms with Gasteiger partial charge in [0, 0.05) is 24.3 Å². The third-order valence-electron chi connectivity index (χ3n) is 4.14. The van der Waals surface area contributed by atoms with Crippen LogP contribution in [0.15, 0.2) is 6.07 Å². The number of aromatic amines is 1. The maximum Gasteiger partial charge on any atom is 0.304 e. The number of carboxylic acids is 1. The lowest BCUT2D eigenvalue weighted by atomic mass is 10.1. The van der Waals surface area contributed by atoms with Gasteiger partial charge in [-0.3, -0.25) is 19.6 Å². The molecule has 7 nitrogen and oxygen atoms in total. The third kappa shape index (κ3) is 3.81. The van der Waals surface area contributed by atoms with Gasteiger partial charge in [-0.15, -0.1) is 0 Å². The number of amides is 1. The zero-order chi connectivity index (χ0) is 15.4. The number of nitrogens with zero attached hydrogens (tertiary/aromatic N) is 2. The first-order valence-corrected chi connectivity index (χ1v) is 7.27. The monoisotopic (exact) mass is 294 g/mol. The van der Waals surface area contributed by atoms with E-state index in [9.17, 15) is 9.59 Å². The highest BCUT2D eigenvalue weighted by atomic mass is 16.4. The Labute approximate surface area is 123 Å². The number of carboxylic acid groups (broad SMARTS) is 1. The number of hydrogen-bond acceptors (Lipinski definition) is 4. The fourth-order valence-corrected chi connectivity index (χ4v) is 2.74. The SMILES string of the molecule is CCc1cc(C(=O)NC[C@@H]2CC[C@H](CC(=O)O)N2C)n[nH]1. The Morgan fingerprint density at radius 1 is 1.48 bits per heavy atom. The van der Waals surface area contributed by atoms with Crippen LogP contribution in [0.25, 0.3) is 0 Å². The van der Waals surface area contributed by atoms with Gasteiger partial charge in [0.15, 0.2) is 0 Å². The molecule has 2 heterocycles. The molecule has 0 spiro atoms. The lowest BCUT2D eigenvalue weighted by molar-refractivity contribution is -0.138. The minimum Gasteiger partial charge on any atom is -0.481 e. The molecule has 0 aromatic carbocycles. The summed E-state index contributed by atoms with van der Waals surface area (Å²) < 4.78 is 0. The number of nitrogens with one attached hydrogen (secondary N) is 2. The molecule has 2 rings (SSSR count). The van der Waals surface area contributed by atoms with Gasteiger partial charge in [0.2, 0.25) is 0 Å². The van der Waals surface area contributed by atoms with E-state index in [0.717, 1.165) is 25.0 Å². The standard InChI is InChI=1S/C14H22N4O3/c1-3-9-6-12(17-16-9)14(21)15-8-11-5-4-10(18(11)2)7-13(19)20/h6,10-11H,3-5,7-8H2,1-2H3,(H,15,21)(H,16,17)(H,19,20)/t10-,11+/m1/s1. The van der Waals surface area contributed by atoms with Gasteiger partial charge in [0.05, 0.1) is 6.42 Å². The van der Waals surface area contributed by atoms with Gasteiger partial charge in [0.25, 0.3) is 5.91 Å². The number of likely N-dealkylation sites (N-methyl/N-ethyl adjacent to an activating group) is 1. The van der Waals surface area contributed by atoms with Gasteiger partial charge in [-0.1, -0.05) is 6.92 Å². The number of aryl methyl sites for hydroxylation is 1. The van der Waals surface area contributed by atoms with Crippen molar-refractivity contribution in [3.63, 3.8) is 0 Å². The van der Waals surface area contributed by atoms with Crippen LogP contribution in [-0.2, 0) is 11.2 Å². The molecular formula is C14H22N4O3. The van der Waals surface area contributed by atoms with Gasteiger partial charge in [-0.25, -0.2) is 0 Å². The quantitative estimate of drug-likeness (QED) is 0.715. The molecule has 1 aliphatic heterocycles. The summed E-state index contributed by atoms with van der Waals surface area (Å²) in [4.78, 5) is 24.8. The molecule has 21 heavy (non-hydrogen) atoms. The van der Waals surface area contributed by atoms with Crippen molar-refractivity contribution in [1.29, 1.82) is 0 Å². The van der Waals surface area contributed by atoms with Crippen molar-refractivity contribution in [3.05, 3.63) is 17.5 Å². The van der Waals surface area contributed by atoms with Crippen LogP contribution in [0.2, 0.25) is 0 Å². The van der Waals surface area contributed by atoms with Crippen LogP contribution in [0.1, 0.15) is 42.4 Å². The van der Waals surface area contributed by atoms with Crippen LogP contribution in [-0.4, -0.2) is 57.8 Å². The van der Waals surface area contributed by atoms with Crippen molar-refractivity contribution in [2.24, 2.45) is 0 Å². The number of rotatable bonds is 6. The predicted octanol–water partition coefficient (Wildman–Crippen LogP) is 0.639. The van der Waals surface area contributed by atoms with Crippen LogP contribution in [0, 0.1) is 0 Å². The number of carbonyl (C=O) groups excluding carboxylic acids is 1. The van der Waals surface area contributed by atoms with Crippen molar-refractivity contribution in [1.82, 2.24) is 20.4 Å². The first-order valence-electron chi connectivity index (χ1n) is 7.27. The zero-order valence-electron chi connectivity index (χ0n) is 12.4. The number of H-pyrrole nitrogens is 1. The summed E-state index contributed by atoms with van der Waals surface area (Å²) in [6, 6.07) is 1.99. The normalized spacial score (nSPS) is 22.4. The van der Waals surface area contributed by atoms with Gasteiger partial charge in [-0.2, -0.15) is 5.10 Å². The third-order valence-corrected chi connectivity index (χ3v) is 4.14. The Morgan fingerprint density at radius 2 is 2.19 bits per heavy atom. The lowest BCUT2D eigenvalue weighted by Crippen LogP contribution is -2.41. The highest BCUT2D eigenvalue weighted by Crippen LogP contribution is 2.24. The Morgan fingerprint density at radius 3 is 2.81 bits per heavy atom. The smallest absolute Gasteiger partial charge is 0.304 e. The highest BCUT2D eigenvalue weighted by molar-refractivity contribution is 5.92. The topological polar surface area (TPSA) is 98.3 Å². The molecule has 0 saturated carbocycles. The van der Waals surface area contributed by atoms with E-state index in [1.54, 1.807) is 6.07 Å². The average Bonchev–Trinajstić information content (AvgIpc) is 3.05. The van der Waals surface area contributed by atoms with E-state index < -0.39 is 5.97 Å². The molecule has 1 saturated heterocycles. The predicted molar refractivity (Wildman–Crippen MR) is 77.1 cm³/mol. The zero-order valence-corrected chi connectivity index (χ0v) is 12.4. The van der Waals surface area contributed by atoms with E-state index in [0.29, 0.717) is 12.2 Å². The van der Waals surface area contributed by atoms with E-state index >= 15 is 0 Å². The minimum atomic E-state index is -0.778. The molecule has 0 aliphatic carbocycles. The fourth-order valence-electron chi connectivity index (χ4n) is 2.74. The summed E-state index contributed by atoms with van der Waals surface area (Å²) in [6.07, 6.45) is 2.71. The molecule has 3 N–H and O–H groups in total. The molecule has 2 atom stereocenters. The molecule has 7 heteroatoms. The Balaban J connectivity index is 1.83. The Hall–Kier alpha value is -1.89. The van der Waals surface area contributed by atoms with Crippen LogP contribution in [0.5, 0.6) is 0 Å². The second kappa shape index (κ2) is 6.71. The van der Waals surface area contributed by atoms with E-state index in [1.807, 2.05) is 14.0 Å². The molecule has 1 aliphatic rings. The molecule has 0 radical (unpaired) electrons. The number of aromatic nitrogens is 2. The molecule has 116 valence electrons. The Bertz CT molecular complexity index is 514. The maximum absolute atomic E-state index is 12.0. The number of hydrogen-bond donors (Lipinski definition) is 3. The van der Waals surface area contributed by atoms with Crippen LogP contribution in [0.4, 0.5) is 0 Å². The fraction of sp³-hybridized carbons (Fsp3) is 0.643. The molecule has 0 bridgehead atoms. The first kappa shape index (κ1) is 15.5. The molecule has 1 aromatic rings. The van der Waals surface area contributed by atoms with Crippen molar-refractivity contribution in [2.45, 2.75) is 44.7 Å². The van der Waals surface area contributed by atoms with Gasteiger partial charge < -0.3 is 10.4 Å². The second-order valence-corrected chi connectivity index (χ2v) is 5.49. The van der Waals surface area contributed by atoms with Gasteiger partial charge >= 0.3 is 5.97 Å². The van der Waals surface area contributed by atoms with Crippen molar-refractivity contribution < 1.29 is 14.7 Å². The number of aliphatic carboxylic acids is 1. The average molecular weight is 294 g/mol. The van der Waals surface area contributed by atoms with Crippen LogP contribution in [0.3, 0.4) is 0 Å². The molecule has 1 amide bonds. The summed E-state index contributed by atoms with van der Waals surface area (Å²) in [5.41, 5.74) is 1.33. The van der Waals surface area contributed by atoms with Gasteiger partial charge in [-0.05, 0) is 32.4 Å². The van der Waals surface area contributed by atoms with E-state index in [1.165, 1.54) is 0 Å². The van der Waals surface area contributed by atoms with Crippen molar-refractivity contribution >= 4 is 11.9 Å². The summed E-state index contributed by atoms with van der Waals surface area (Å²) in [6.45, 7) is 2.51. The minimum absolute atomic E-state index is 0.0569. The molecular weight excluding hydrogens is 272 g/mol. The van der Waals surface area contributed by atoms with Crippen LogP contribution < -0.4 is 5.32 Å². The summed E-state index contributed by atoms with van der Waals surface area (Å²) >= 11 is 0. The maximum atomic E-state index is 12.0. The van der Waals surface area contributed by atoms with Crippen LogP contribution >= 0.6 is 0 Å². The molecule has 1 aromatic heterocycles. The first-order chi connectivity index (χ1) is 10.0. The summed E-state index contributed by atoms with van der Waals surface area (Å²) in [7, 11) is 1.92. The Kier molecular flexibility index (Phi) is 4.95. The largest absolute Gasteiger partial charge is 0.481 e. The molecule has 0 unspecified atom stereocenters. The molecule has 1 fully saturated rings. The van der Waals surface area contributed by atoms with Crippen molar-refractivity contribution in [2.75, 3.05) is 13.6 Å². The second-order valence-electron chi connectivity index (χ2n) is 5.49. The van der Waals surface area contributed by atoms with E-state index in [4.69, 9.17) is 5.11 Å². The number of likely N-dealkylation sites (tertiary alicyclic amines) is 1. The van der Waals surface area contributed by atoms with Crippen molar-refractivity contribution in [3.8, 4) is 0 Å². The lowest BCUT2D eigenvalue weighted by Gasteiger charge is -2.24. The highest BCUT2D eigenvalue weighted by Gasteiger charge is 2.31. The van der Waals surface area contributed by atoms with E-state index in [2.05, 4.69) is 20.4 Å².